The van der Waals surface area contributed by atoms with Gasteiger partial charge in [-0.1, -0.05) is 0 Å². The molecule has 1 aliphatic heterocycles. The normalized spacial score (nSPS) is 21.5. The van der Waals surface area contributed by atoms with Crippen molar-refractivity contribution in [1.82, 2.24) is 19.7 Å². The quantitative estimate of drug-likeness (QED) is 0.877. The van der Waals surface area contributed by atoms with Crippen LogP contribution < -0.4 is 5.32 Å². The third-order valence-corrected chi connectivity index (χ3v) is 4.71. The summed E-state index contributed by atoms with van der Waals surface area (Å²) in [7, 11) is 4.13. The Morgan fingerprint density at radius 3 is 2.67 bits per heavy atom. The maximum atomic E-state index is 12.3. The molecule has 1 aromatic rings. The minimum atomic E-state index is 0.234. The second-order valence-corrected chi connectivity index (χ2v) is 6.41. The summed E-state index contributed by atoms with van der Waals surface area (Å²) in [5.74, 6) is 1.01. The maximum absolute atomic E-state index is 12.3. The largest absolute Gasteiger partial charge is 0.345 e. The van der Waals surface area contributed by atoms with Gasteiger partial charge in [-0.25, -0.2) is 0 Å². The summed E-state index contributed by atoms with van der Waals surface area (Å²) in [6.07, 6.45) is 6.80. The number of nitrogens with one attached hydrogen (secondary N) is 1. The van der Waals surface area contributed by atoms with Crippen molar-refractivity contribution in [3.05, 3.63) is 24.0 Å². The summed E-state index contributed by atoms with van der Waals surface area (Å²) in [5.41, 5.74) is 1.31. The molecule has 2 heterocycles. The van der Waals surface area contributed by atoms with Gasteiger partial charge in [0.2, 0.25) is 5.91 Å². The molecule has 5 heteroatoms. The van der Waals surface area contributed by atoms with Crippen LogP contribution in [0.15, 0.2) is 18.5 Å². The fourth-order valence-electron chi connectivity index (χ4n) is 3.16. The molecule has 2 aliphatic rings. The van der Waals surface area contributed by atoms with Gasteiger partial charge in [0.05, 0.1) is 0 Å². The van der Waals surface area contributed by atoms with Crippen LogP contribution >= 0.6 is 0 Å². The zero-order chi connectivity index (χ0) is 14.8. The van der Waals surface area contributed by atoms with E-state index in [0.717, 1.165) is 32.1 Å². The Kier molecular flexibility index (Phi) is 4.31. The predicted octanol–water partition coefficient (Wildman–Crippen LogP) is 0.933. The predicted molar refractivity (Wildman–Crippen MR) is 83.0 cm³/mol. The summed E-state index contributed by atoms with van der Waals surface area (Å²) >= 11 is 0. The van der Waals surface area contributed by atoms with E-state index in [0.29, 0.717) is 12.6 Å². The number of carbonyl (C=O) groups excluding carboxylic acids is 1. The van der Waals surface area contributed by atoms with Crippen LogP contribution in [0, 0.1) is 5.92 Å². The van der Waals surface area contributed by atoms with E-state index in [2.05, 4.69) is 29.5 Å². The molecule has 2 fully saturated rings. The monoisotopic (exact) mass is 290 g/mol. The molecular weight excluding hydrogens is 264 g/mol. The Labute approximate surface area is 126 Å². The Balaban J connectivity index is 1.57. The molecule has 0 spiro atoms. The van der Waals surface area contributed by atoms with E-state index in [-0.39, 0.29) is 5.91 Å². The number of hydrogen-bond donors (Lipinski definition) is 1. The van der Waals surface area contributed by atoms with Gasteiger partial charge in [-0.15, -0.1) is 0 Å². The molecule has 116 valence electrons. The first-order valence-corrected chi connectivity index (χ1v) is 7.96. The molecule has 0 bridgehead atoms. The average Bonchev–Trinajstić information content (AvgIpc) is 3.21. The molecule has 21 heavy (non-hydrogen) atoms. The van der Waals surface area contributed by atoms with Crippen LogP contribution in [0.5, 0.6) is 0 Å². The van der Waals surface area contributed by atoms with Crippen LogP contribution in [-0.4, -0.2) is 60.5 Å². The van der Waals surface area contributed by atoms with Crippen LogP contribution in [0.3, 0.4) is 0 Å². The number of rotatable bonds is 5. The second kappa shape index (κ2) is 6.20. The maximum Gasteiger partial charge on any atom is 0.242 e. The zero-order valence-corrected chi connectivity index (χ0v) is 13.1. The highest BCUT2D eigenvalue weighted by Gasteiger charge is 2.31. The van der Waals surface area contributed by atoms with Crippen molar-refractivity contribution < 1.29 is 4.79 Å². The van der Waals surface area contributed by atoms with Crippen molar-refractivity contribution in [2.24, 2.45) is 5.92 Å². The van der Waals surface area contributed by atoms with Crippen molar-refractivity contribution >= 4 is 5.91 Å². The Morgan fingerprint density at radius 2 is 2.05 bits per heavy atom. The molecule has 1 saturated carbocycles. The third kappa shape index (κ3) is 3.47. The molecule has 0 radical (unpaired) electrons. The van der Waals surface area contributed by atoms with Crippen LogP contribution in [-0.2, 0) is 11.3 Å². The minimum absolute atomic E-state index is 0.234. The van der Waals surface area contributed by atoms with Gasteiger partial charge in [0.1, 0.15) is 6.54 Å². The lowest BCUT2D eigenvalue weighted by atomic mass is 10.1. The SMILES string of the molecule is CNC(c1ccn(CC(=O)N2CCN(C)CC2)c1)C1CC1. The molecule has 0 aromatic carbocycles. The van der Waals surface area contributed by atoms with Gasteiger partial charge in [0.25, 0.3) is 0 Å². The van der Waals surface area contributed by atoms with Crippen molar-refractivity contribution in [1.29, 1.82) is 0 Å². The summed E-state index contributed by atoms with van der Waals surface area (Å²) in [5, 5.41) is 3.40. The summed E-state index contributed by atoms with van der Waals surface area (Å²) in [4.78, 5) is 16.6. The van der Waals surface area contributed by atoms with Crippen LogP contribution in [0.25, 0.3) is 0 Å². The van der Waals surface area contributed by atoms with Crippen LogP contribution in [0.4, 0.5) is 0 Å². The molecule has 1 N–H and O–H groups in total. The molecule has 5 nitrogen and oxygen atoms in total. The average molecular weight is 290 g/mol. The lowest BCUT2D eigenvalue weighted by molar-refractivity contribution is -0.133. The van der Waals surface area contributed by atoms with E-state index in [1.807, 2.05) is 22.7 Å². The number of hydrogen-bond acceptors (Lipinski definition) is 3. The standard InChI is InChI=1S/C16H26N4O/c1-17-16(13-3-4-13)14-5-6-19(11-14)12-15(21)20-9-7-18(2)8-10-20/h5-6,11,13,16-17H,3-4,7-10,12H2,1-2H3. The number of nitrogens with zero attached hydrogens (tertiary/aromatic N) is 3. The highest BCUT2D eigenvalue weighted by Crippen LogP contribution is 2.40. The third-order valence-electron chi connectivity index (χ3n) is 4.71. The summed E-state index contributed by atoms with van der Waals surface area (Å²) in [6.45, 7) is 4.12. The van der Waals surface area contributed by atoms with Crippen molar-refractivity contribution in [2.75, 3.05) is 40.3 Å². The molecule has 1 unspecified atom stereocenters. The first-order chi connectivity index (χ1) is 10.2. The van der Waals surface area contributed by atoms with Gasteiger partial charge < -0.3 is 19.7 Å². The topological polar surface area (TPSA) is 40.5 Å². The number of likely N-dealkylation sites (N-methyl/N-ethyl adjacent to an activating group) is 1. The Hall–Kier alpha value is -1.33. The number of amides is 1. The summed E-state index contributed by atoms with van der Waals surface area (Å²) in [6, 6.07) is 2.60. The highest BCUT2D eigenvalue weighted by atomic mass is 16.2. The van der Waals surface area contributed by atoms with Gasteiger partial charge in [-0.3, -0.25) is 4.79 Å². The van der Waals surface area contributed by atoms with Crippen molar-refractivity contribution in [3.8, 4) is 0 Å². The van der Waals surface area contributed by atoms with Gasteiger partial charge in [0, 0.05) is 44.6 Å². The van der Waals surface area contributed by atoms with E-state index >= 15 is 0 Å². The minimum Gasteiger partial charge on any atom is -0.345 e. The van der Waals surface area contributed by atoms with Crippen molar-refractivity contribution in [2.45, 2.75) is 25.4 Å². The molecule has 1 aromatic heterocycles. The molecular formula is C16H26N4O. The second-order valence-electron chi connectivity index (χ2n) is 6.41. The van der Waals surface area contributed by atoms with Crippen molar-refractivity contribution in [3.63, 3.8) is 0 Å². The molecule has 3 rings (SSSR count). The smallest absolute Gasteiger partial charge is 0.242 e. The van der Waals surface area contributed by atoms with E-state index < -0.39 is 0 Å². The highest BCUT2D eigenvalue weighted by molar-refractivity contribution is 5.76. The van der Waals surface area contributed by atoms with Crippen LogP contribution in [0.1, 0.15) is 24.4 Å². The van der Waals surface area contributed by atoms with Gasteiger partial charge in [0.15, 0.2) is 0 Å². The van der Waals surface area contributed by atoms with E-state index in [1.165, 1.54) is 18.4 Å². The fraction of sp³-hybridized carbons (Fsp3) is 0.688. The first-order valence-electron chi connectivity index (χ1n) is 7.96. The Bertz CT molecular complexity index is 486. The lowest BCUT2D eigenvalue weighted by Crippen LogP contribution is -2.48. The van der Waals surface area contributed by atoms with E-state index in [9.17, 15) is 4.79 Å². The summed E-state index contributed by atoms with van der Waals surface area (Å²) < 4.78 is 2.03. The first kappa shape index (κ1) is 14.6. The number of aromatic nitrogens is 1. The van der Waals surface area contributed by atoms with E-state index in [4.69, 9.17) is 0 Å². The fourth-order valence-corrected chi connectivity index (χ4v) is 3.16. The molecule has 1 atom stereocenters. The lowest BCUT2D eigenvalue weighted by Gasteiger charge is -2.32. The Morgan fingerprint density at radius 1 is 1.33 bits per heavy atom. The molecule has 1 aliphatic carbocycles. The molecule has 1 amide bonds. The number of carbonyl (C=O) groups is 1. The van der Waals surface area contributed by atoms with Gasteiger partial charge in [-0.05, 0) is 44.5 Å². The van der Waals surface area contributed by atoms with Gasteiger partial charge in [-0.2, -0.15) is 0 Å². The number of piperazine rings is 1. The molecule has 1 saturated heterocycles. The van der Waals surface area contributed by atoms with E-state index in [1.54, 1.807) is 0 Å². The van der Waals surface area contributed by atoms with Crippen LogP contribution in [0.2, 0.25) is 0 Å². The van der Waals surface area contributed by atoms with Gasteiger partial charge >= 0.3 is 0 Å². The zero-order valence-electron chi connectivity index (χ0n) is 13.1.